The van der Waals surface area contributed by atoms with Crippen LogP contribution in [-0.4, -0.2) is 34.4 Å². The second-order valence-corrected chi connectivity index (χ2v) is 7.28. The van der Waals surface area contributed by atoms with E-state index in [1.807, 2.05) is 31.2 Å². The van der Waals surface area contributed by atoms with Crippen molar-refractivity contribution in [1.82, 2.24) is 9.38 Å². The molecule has 0 N–H and O–H groups in total. The molecule has 6 heteroatoms. The lowest BCUT2D eigenvalue weighted by Crippen LogP contribution is -2.46. The standard InChI is InChI=1S/C21H20N4O2/c1-14-6-9-19-22-12-16(21(27)25(19)13-14)20(26)24-11-10-23(15-7-8-15)17-4-2-3-5-18(17)24/h2-6,9,12-13,15H,7-8,10-11H2,1H3. The van der Waals surface area contributed by atoms with E-state index in [2.05, 4.69) is 16.0 Å². The molecule has 6 nitrogen and oxygen atoms in total. The molecule has 27 heavy (non-hydrogen) atoms. The Kier molecular flexibility index (Phi) is 3.53. The fourth-order valence-electron chi connectivity index (χ4n) is 3.84. The molecule has 1 fully saturated rings. The zero-order chi connectivity index (χ0) is 18.5. The Hall–Kier alpha value is -3.15. The molecule has 0 saturated heterocycles. The number of pyridine rings is 1. The molecular formula is C21H20N4O2. The van der Waals surface area contributed by atoms with Gasteiger partial charge in [-0.05, 0) is 43.5 Å². The Labute approximate surface area is 156 Å². The number of aryl methyl sites for hydroxylation is 1. The maximum absolute atomic E-state index is 13.3. The van der Waals surface area contributed by atoms with E-state index in [9.17, 15) is 9.59 Å². The molecule has 1 amide bonds. The molecule has 5 rings (SSSR count). The maximum atomic E-state index is 13.3. The van der Waals surface area contributed by atoms with Gasteiger partial charge in [0.15, 0.2) is 0 Å². The SMILES string of the molecule is Cc1ccc2ncc(C(=O)N3CCN(C4CC4)c4ccccc43)c(=O)n2c1. The average molecular weight is 360 g/mol. The fourth-order valence-corrected chi connectivity index (χ4v) is 3.84. The third kappa shape index (κ3) is 2.60. The van der Waals surface area contributed by atoms with Crippen molar-refractivity contribution >= 4 is 22.9 Å². The molecule has 0 unspecified atom stereocenters. The van der Waals surface area contributed by atoms with Crippen LogP contribution in [0, 0.1) is 6.92 Å². The van der Waals surface area contributed by atoms with Crippen LogP contribution in [0.3, 0.4) is 0 Å². The molecule has 1 aliphatic heterocycles. The number of rotatable bonds is 2. The van der Waals surface area contributed by atoms with Gasteiger partial charge in [-0.2, -0.15) is 0 Å². The molecule has 0 atom stereocenters. The summed E-state index contributed by atoms with van der Waals surface area (Å²) in [7, 11) is 0. The Balaban J connectivity index is 1.58. The number of aromatic nitrogens is 2. The van der Waals surface area contributed by atoms with E-state index in [0.717, 1.165) is 23.5 Å². The maximum Gasteiger partial charge on any atom is 0.270 e. The third-order valence-corrected chi connectivity index (χ3v) is 5.36. The van der Waals surface area contributed by atoms with E-state index in [4.69, 9.17) is 0 Å². The van der Waals surface area contributed by atoms with Gasteiger partial charge in [-0.3, -0.25) is 14.0 Å². The van der Waals surface area contributed by atoms with Gasteiger partial charge in [-0.25, -0.2) is 4.98 Å². The number of benzene rings is 1. The molecule has 1 aromatic carbocycles. The van der Waals surface area contributed by atoms with E-state index in [1.54, 1.807) is 17.2 Å². The number of para-hydroxylation sites is 2. The Morgan fingerprint density at radius 3 is 2.63 bits per heavy atom. The minimum absolute atomic E-state index is 0.104. The number of amides is 1. The number of anilines is 2. The van der Waals surface area contributed by atoms with Crippen LogP contribution in [0.5, 0.6) is 0 Å². The molecule has 0 bridgehead atoms. The molecule has 1 aliphatic carbocycles. The number of hydrogen-bond donors (Lipinski definition) is 0. The highest BCUT2D eigenvalue weighted by Crippen LogP contribution is 2.40. The summed E-state index contributed by atoms with van der Waals surface area (Å²) in [5.74, 6) is -0.286. The molecular weight excluding hydrogens is 340 g/mol. The van der Waals surface area contributed by atoms with E-state index in [0.29, 0.717) is 18.2 Å². The number of nitrogens with zero attached hydrogens (tertiary/aromatic N) is 4. The lowest BCUT2D eigenvalue weighted by Gasteiger charge is -2.37. The summed E-state index contributed by atoms with van der Waals surface area (Å²) in [6.45, 7) is 3.27. The van der Waals surface area contributed by atoms with Crippen molar-refractivity contribution in [3.8, 4) is 0 Å². The normalized spacial score (nSPS) is 16.5. The summed E-state index contributed by atoms with van der Waals surface area (Å²) in [5, 5.41) is 0. The first-order chi connectivity index (χ1) is 13.1. The molecule has 3 heterocycles. The Morgan fingerprint density at radius 2 is 1.85 bits per heavy atom. The average Bonchev–Trinajstić information content (AvgIpc) is 3.52. The molecule has 0 radical (unpaired) electrons. The van der Waals surface area contributed by atoms with Gasteiger partial charge in [0, 0.05) is 31.5 Å². The van der Waals surface area contributed by atoms with Gasteiger partial charge in [0.25, 0.3) is 11.5 Å². The fraction of sp³-hybridized carbons (Fsp3) is 0.286. The first kappa shape index (κ1) is 16.1. The predicted octanol–water partition coefficient (Wildman–Crippen LogP) is 2.63. The van der Waals surface area contributed by atoms with Crippen molar-refractivity contribution in [2.45, 2.75) is 25.8 Å². The van der Waals surface area contributed by atoms with E-state index < -0.39 is 0 Å². The highest BCUT2D eigenvalue weighted by Gasteiger charge is 2.36. The Bertz CT molecular complexity index is 1120. The quantitative estimate of drug-likeness (QED) is 0.705. The van der Waals surface area contributed by atoms with Gasteiger partial charge in [0.05, 0.1) is 11.4 Å². The van der Waals surface area contributed by atoms with Crippen molar-refractivity contribution in [2.24, 2.45) is 0 Å². The molecule has 136 valence electrons. The highest BCUT2D eigenvalue weighted by molar-refractivity contribution is 6.08. The van der Waals surface area contributed by atoms with Crippen LogP contribution in [0.25, 0.3) is 5.65 Å². The molecule has 3 aromatic rings. The second-order valence-electron chi connectivity index (χ2n) is 7.28. The Morgan fingerprint density at radius 1 is 1.07 bits per heavy atom. The first-order valence-corrected chi connectivity index (χ1v) is 9.29. The summed E-state index contributed by atoms with van der Waals surface area (Å²) in [5.41, 5.74) is 3.21. The van der Waals surface area contributed by atoms with Crippen molar-refractivity contribution in [3.63, 3.8) is 0 Å². The zero-order valence-electron chi connectivity index (χ0n) is 15.1. The van der Waals surface area contributed by atoms with Crippen LogP contribution in [0.2, 0.25) is 0 Å². The van der Waals surface area contributed by atoms with Crippen molar-refractivity contribution in [2.75, 3.05) is 22.9 Å². The number of carbonyl (C=O) groups is 1. The minimum Gasteiger partial charge on any atom is -0.365 e. The molecule has 2 aliphatic rings. The van der Waals surface area contributed by atoms with Gasteiger partial charge in [-0.15, -0.1) is 0 Å². The topological polar surface area (TPSA) is 57.9 Å². The van der Waals surface area contributed by atoms with Gasteiger partial charge in [0.2, 0.25) is 0 Å². The zero-order valence-corrected chi connectivity index (χ0v) is 15.1. The number of carbonyl (C=O) groups excluding carboxylic acids is 1. The van der Waals surface area contributed by atoms with E-state index >= 15 is 0 Å². The summed E-state index contributed by atoms with van der Waals surface area (Å²) < 4.78 is 1.45. The third-order valence-electron chi connectivity index (χ3n) is 5.36. The predicted molar refractivity (Wildman–Crippen MR) is 105 cm³/mol. The molecule has 1 saturated carbocycles. The van der Waals surface area contributed by atoms with Crippen LogP contribution in [0.15, 0.2) is 53.6 Å². The van der Waals surface area contributed by atoms with Crippen LogP contribution in [0.1, 0.15) is 28.8 Å². The summed E-state index contributed by atoms with van der Waals surface area (Å²) in [4.78, 5) is 34.6. The van der Waals surface area contributed by atoms with E-state index in [1.165, 1.54) is 23.4 Å². The van der Waals surface area contributed by atoms with Gasteiger partial charge in [-0.1, -0.05) is 18.2 Å². The smallest absolute Gasteiger partial charge is 0.270 e. The van der Waals surface area contributed by atoms with Crippen LogP contribution in [-0.2, 0) is 0 Å². The number of hydrogen-bond acceptors (Lipinski definition) is 4. The lowest BCUT2D eigenvalue weighted by atomic mass is 10.1. The van der Waals surface area contributed by atoms with Crippen molar-refractivity contribution in [3.05, 3.63) is 70.3 Å². The largest absolute Gasteiger partial charge is 0.365 e. The summed E-state index contributed by atoms with van der Waals surface area (Å²) in [6.07, 6.45) is 5.54. The number of fused-ring (bicyclic) bond motifs is 2. The van der Waals surface area contributed by atoms with Crippen molar-refractivity contribution in [1.29, 1.82) is 0 Å². The molecule has 0 spiro atoms. The monoisotopic (exact) mass is 360 g/mol. The van der Waals surface area contributed by atoms with Gasteiger partial charge < -0.3 is 9.80 Å². The van der Waals surface area contributed by atoms with Gasteiger partial charge >= 0.3 is 0 Å². The second kappa shape index (κ2) is 5.94. The van der Waals surface area contributed by atoms with E-state index in [-0.39, 0.29) is 17.0 Å². The highest BCUT2D eigenvalue weighted by atomic mass is 16.2. The van der Waals surface area contributed by atoms with Crippen molar-refractivity contribution < 1.29 is 4.79 Å². The summed E-state index contributed by atoms with van der Waals surface area (Å²) in [6, 6.07) is 12.2. The van der Waals surface area contributed by atoms with Crippen LogP contribution in [0.4, 0.5) is 11.4 Å². The molecule has 2 aromatic heterocycles. The lowest BCUT2D eigenvalue weighted by molar-refractivity contribution is 0.0984. The summed E-state index contributed by atoms with van der Waals surface area (Å²) >= 11 is 0. The van der Waals surface area contributed by atoms with Gasteiger partial charge in [0.1, 0.15) is 11.2 Å². The van der Waals surface area contributed by atoms with Crippen LogP contribution < -0.4 is 15.4 Å². The minimum atomic E-state index is -0.323. The first-order valence-electron chi connectivity index (χ1n) is 9.29. The van der Waals surface area contributed by atoms with Crippen LogP contribution >= 0.6 is 0 Å².